The van der Waals surface area contributed by atoms with E-state index in [9.17, 15) is 13.2 Å². The van der Waals surface area contributed by atoms with Gasteiger partial charge in [0.1, 0.15) is 6.04 Å². The van der Waals surface area contributed by atoms with Gasteiger partial charge in [0, 0.05) is 13.1 Å². The fourth-order valence-electron chi connectivity index (χ4n) is 3.47. The van der Waals surface area contributed by atoms with E-state index in [4.69, 9.17) is 0 Å². The molecule has 1 atom stereocenters. The van der Waals surface area contributed by atoms with Gasteiger partial charge in [-0.3, -0.25) is 4.79 Å². The van der Waals surface area contributed by atoms with Crippen LogP contribution in [0.1, 0.15) is 30.4 Å². The van der Waals surface area contributed by atoms with Gasteiger partial charge in [0.25, 0.3) is 0 Å². The van der Waals surface area contributed by atoms with Crippen molar-refractivity contribution >= 4 is 15.9 Å². The maximum absolute atomic E-state index is 12.8. The van der Waals surface area contributed by atoms with E-state index in [0.717, 1.165) is 24.8 Å². The zero-order valence-electron chi connectivity index (χ0n) is 15.4. The highest BCUT2D eigenvalue weighted by Gasteiger charge is 2.38. The molecular formula is C21H26N2O3S. The van der Waals surface area contributed by atoms with E-state index in [1.54, 1.807) is 12.1 Å². The van der Waals surface area contributed by atoms with Gasteiger partial charge >= 0.3 is 0 Å². The van der Waals surface area contributed by atoms with Crippen LogP contribution in [0.2, 0.25) is 0 Å². The number of amides is 1. The largest absolute Gasteiger partial charge is 0.355 e. The number of nitrogens with zero attached hydrogens (tertiary/aromatic N) is 1. The standard InChI is InChI=1S/C21H26N2O3S/c24-21(22-15-7-13-18-9-3-1-4-10-18)20-14-8-16-23(20)27(25,26)17-19-11-5-2-6-12-19/h1-6,9-12,20H,7-8,13-17H2,(H,22,24)/t20-/m0/s1. The Labute approximate surface area is 161 Å². The van der Waals surface area contributed by atoms with Crippen LogP contribution in [0.15, 0.2) is 60.7 Å². The highest BCUT2D eigenvalue weighted by molar-refractivity contribution is 7.88. The molecule has 0 bridgehead atoms. The highest BCUT2D eigenvalue weighted by atomic mass is 32.2. The Bertz CT molecular complexity index is 838. The van der Waals surface area contributed by atoms with Gasteiger partial charge in [-0.2, -0.15) is 4.31 Å². The SMILES string of the molecule is O=C(NCCCc1ccccc1)[C@@H]1CCCN1S(=O)(=O)Cc1ccccc1. The van der Waals surface area contributed by atoms with Crippen LogP contribution in [0.25, 0.3) is 0 Å². The van der Waals surface area contributed by atoms with Crippen LogP contribution < -0.4 is 5.32 Å². The van der Waals surface area contributed by atoms with Gasteiger partial charge in [0.2, 0.25) is 15.9 Å². The summed E-state index contributed by atoms with van der Waals surface area (Å²) in [7, 11) is -3.51. The number of nitrogens with one attached hydrogen (secondary N) is 1. The van der Waals surface area contributed by atoms with Crippen LogP contribution in [0.4, 0.5) is 0 Å². The molecule has 5 nitrogen and oxygen atoms in total. The Morgan fingerprint density at radius 2 is 1.63 bits per heavy atom. The molecule has 1 N–H and O–H groups in total. The van der Waals surface area contributed by atoms with Crippen LogP contribution in [-0.2, 0) is 27.0 Å². The molecule has 1 amide bonds. The fraction of sp³-hybridized carbons (Fsp3) is 0.381. The Balaban J connectivity index is 1.53. The second kappa shape index (κ2) is 9.15. The lowest BCUT2D eigenvalue weighted by Gasteiger charge is -2.23. The predicted octanol–water partition coefficient (Wildman–Crippen LogP) is 2.73. The molecule has 0 aliphatic carbocycles. The summed E-state index contributed by atoms with van der Waals surface area (Å²) in [6, 6.07) is 18.6. The third kappa shape index (κ3) is 5.40. The van der Waals surface area contributed by atoms with Crippen LogP contribution in [-0.4, -0.2) is 37.8 Å². The molecule has 144 valence electrons. The van der Waals surface area contributed by atoms with E-state index in [2.05, 4.69) is 17.4 Å². The maximum atomic E-state index is 12.8. The lowest BCUT2D eigenvalue weighted by atomic mass is 10.1. The lowest BCUT2D eigenvalue weighted by molar-refractivity contribution is -0.124. The predicted molar refractivity (Wildman–Crippen MR) is 107 cm³/mol. The topological polar surface area (TPSA) is 66.5 Å². The van der Waals surface area contributed by atoms with Gasteiger partial charge in [0.05, 0.1) is 5.75 Å². The molecule has 2 aromatic rings. The van der Waals surface area contributed by atoms with Gasteiger partial charge < -0.3 is 5.32 Å². The molecule has 3 rings (SSSR count). The molecule has 0 aromatic heterocycles. The number of benzene rings is 2. The van der Waals surface area contributed by atoms with Crippen molar-refractivity contribution in [2.45, 2.75) is 37.5 Å². The van der Waals surface area contributed by atoms with Crippen LogP contribution >= 0.6 is 0 Å². The molecule has 1 aliphatic heterocycles. The summed E-state index contributed by atoms with van der Waals surface area (Å²) in [5.41, 5.74) is 1.98. The average molecular weight is 387 g/mol. The molecule has 0 spiro atoms. The number of hydrogen-bond acceptors (Lipinski definition) is 3. The summed E-state index contributed by atoms with van der Waals surface area (Å²) in [5.74, 6) is -0.247. The summed E-state index contributed by atoms with van der Waals surface area (Å²) >= 11 is 0. The minimum atomic E-state index is -3.51. The first-order valence-electron chi connectivity index (χ1n) is 9.41. The second-order valence-electron chi connectivity index (χ2n) is 6.89. The number of sulfonamides is 1. The summed E-state index contributed by atoms with van der Waals surface area (Å²) < 4.78 is 26.9. The molecule has 1 saturated heterocycles. The van der Waals surface area contributed by atoms with E-state index in [1.165, 1.54) is 9.87 Å². The van der Waals surface area contributed by atoms with E-state index >= 15 is 0 Å². The third-order valence-corrected chi connectivity index (χ3v) is 6.69. The normalized spacial score (nSPS) is 17.7. The highest BCUT2D eigenvalue weighted by Crippen LogP contribution is 2.23. The van der Waals surface area contributed by atoms with Gasteiger partial charge in [-0.1, -0.05) is 60.7 Å². The minimum Gasteiger partial charge on any atom is -0.355 e. The first kappa shape index (κ1) is 19.6. The molecule has 6 heteroatoms. The van der Waals surface area contributed by atoms with E-state index in [-0.39, 0.29) is 11.7 Å². The third-order valence-electron chi connectivity index (χ3n) is 4.84. The monoisotopic (exact) mass is 386 g/mol. The Kier molecular flexibility index (Phi) is 6.63. The van der Waals surface area contributed by atoms with Crippen LogP contribution in [0, 0.1) is 0 Å². The number of rotatable bonds is 8. The van der Waals surface area contributed by atoms with Crippen LogP contribution in [0.3, 0.4) is 0 Å². The molecule has 0 unspecified atom stereocenters. The molecule has 0 radical (unpaired) electrons. The zero-order chi connectivity index (χ0) is 19.1. The quantitative estimate of drug-likeness (QED) is 0.710. The smallest absolute Gasteiger partial charge is 0.238 e. The number of hydrogen-bond donors (Lipinski definition) is 1. The number of carbonyl (C=O) groups excluding carboxylic acids is 1. The first-order chi connectivity index (χ1) is 13.1. The molecule has 27 heavy (non-hydrogen) atoms. The van der Waals surface area contributed by atoms with Crippen molar-refractivity contribution in [3.8, 4) is 0 Å². The molecule has 1 fully saturated rings. The van der Waals surface area contributed by atoms with Crippen molar-refractivity contribution in [1.82, 2.24) is 9.62 Å². The van der Waals surface area contributed by atoms with Gasteiger partial charge in [-0.05, 0) is 36.8 Å². The summed E-state index contributed by atoms with van der Waals surface area (Å²) in [5, 5.41) is 2.92. The van der Waals surface area contributed by atoms with E-state index < -0.39 is 16.1 Å². The summed E-state index contributed by atoms with van der Waals surface area (Å²) in [6.45, 7) is 0.966. The summed E-state index contributed by atoms with van der Waals surface area (Å²) in [6.07, 6.45) is 3.02. The van der Waals surface area contributed by atoms with Gasteiger partial charge in [-0.25, -0.2) is 8.42 Å². The average Bonchev–Trinajstić information content (AvgIpc) is 3.17. The number of carbonyl (C=O) groups is 1. The van der Waals surface area contributed by atoms with Gasteiger partial charge in [0.15, 0.2) is 0 Å². The summed E-state index contributed by atoms with van der Waals surface area (Å²) in [4.78, 5) is 12.5. The van der Waals surface area contributed by atoms with E-state index in [1.807, 2.05) is 36.4 Å². The van der Waals surface area contributed by atoms with Crippen molar-refractivity contribution in [2.24, 2.45) is 0 Å². The van der Waals surface area contributed by atoms with Crippen molar-refractivity contribution in [1.29, 1.82) is 0 Å². The van der Waals surface area contributed by atoms with Crippen molar-refractivity contribution in [3.05, 3.63) is 71.8 Å². The minimum absolute atomic E-state index is 0.0639. The molecule has 1 heterocycles. The maximum Gasteiger partial charge on any atom is 0.238 e. The van der Waals surface area contributed by atoms with Crippen molar-refractivity contribution in [2.75, 3.05) is 13.1 Å². The molecule has 2 aromatic carbocycles. The molecule has 1 aliphatic rings. The molecular weight excluding hydrogens is 360 g/mol. The Hall–Kier alpha value is -2.18. The fourth-order valence-corrected chi connectivity index (χ4v) is 5.25. The second-order valence-corrected chi connectivity index (χ2v) is 8.81. The van der Waals surface area contributed by atoms with Crippen molar-refractivity contribution < 1.29 is 13.2 Å². The Morgan fingerprint density at radius 3 is 2.30 bits per heavy atom. The van der Waals surface area contributed by atoms with Crippen LogP contribution in [0.5, 0.6) is 0 Å². The Morgan fingerprint density at radius 1 is 1.00 bits per heavy atom. The zero-order valence-corrected chi connectivity index (χ0v) is 16.2. The van der Waals surface area contributed by atoms with Gasteiger partial charge in [-0.15, -0.1) is 0 Å². The lowest BCUT2D eigenvalue weighted by Crippen LogP contribution is -2.46. The first-order valence-corrected chi connectivity index (χ1v) is 11.0. The molecule has 0 saturated carbocycles. The van der Waals surface area contributed by atoms with Crippen molar-refractivity contribution in [3.63, 3.8) is 0 Å². The van der Waals surface area contributed by atoms with E-state index in [0.29, 0.717) is 19.5 Å². The number of aryl methyl sites for hydroxylation is 1.